The molecule has 0 spiro atoms. The number of ether oxygens (including phenoxy) is 1. The number of esters is 1. The molecular formula is C13H10Cl2N2O2S. The Hall–Kier alpha value is -1.56. The lowest BCUT2D eigenvalue weighted by atomic mass is 10.3. The van der Waals surface area contributed by atoms with Gasteiger partial charge in [-0.25, -0.2) is 4.79 Å². The van der Waals surface area contributed by atoms with Crippen molar-refractivity contribution in [2.24, 2.45) is 5.10 Å². The number of carbonyl (C=O) groups is 1. The lowest BCUT2D eigenvalue weighted by Crippen LogP contribution is -2.13. The average molecular weight is 329 g/mol. The van der Waals surface area contributed by atoms with Crippen molar-refractivity contribution in [2.45, 2.75) is 6.61 Å². The van der Waals surface area contributed by atoms with Gasteiger partial charge in [-0.2, -0.15) is 16.4 Å². The minimum atomic E-state index is -0.681. The number of hydrogen-bond donors (Lipinski definition) is 1. The number of hydrazone groups is 1. The standard InChI is InChI=1S/C13H10Cl2N2O2S/c14-10-1-3-11(4-2-10)16-17-12(15)13(18)19-7-9-5-6-20-8-9/h1-6,8,16H,7H2/b17-12-. The third-order valence-electron chi connectivity index (χ3n) is 2.25. The number of thiophene rings is 1. The Balaban J connectivity index is 1.86. The summed E-state index contributed by atoms with van der Waals surface area (Å²) in [6, 6.07) is 8.69. The maximum atomic E-state index is 11.6. The van der Waals surface area contributed by atoms with Crippen LogP contribution in [0.3, 0.4) is 0 Å². The summed E-state index contributed by atoms with van der Waals surface area (Å²) in [5.74, 6) is -0.681. The van der Waals surface area contributed by atoms with Crippen LogP contribution in [0.5, 0.6) is 0 Å². The normalized spacial score (nSPS) is 11.2. The molecule has 0 bridgehead atoms. The van der Waals surface area contributed by atoms with E-state index in [0.29, 0.717) is 10.7 Å². The van der Waals surface area contributed by atoms with Crippen LogP contribution in [0.25, 0.3) is 0 Å². The minimum absolute atomic E-state index is 0.176. The molecule has 0 radical (unpaired) electrons. The molecule has 0 amide bonds. The van der Waals surface area contributed by atoms with Crippen LogP contribution in [0, 0.1) is 0 Å². The summed E-state index contributed by atoms with van der Waals surface area (Å²) in [6.45, 7) is 0.176. The monoisotopic (exact) mass is 328 g/mol. The summed E-state index contributed by atoms with van der Waals surface area (Å²) in [7, 11) is 0. The maximum Gasteiger partial charge on any atom is 0.371 e. The zero-order chi connectivity index (χ0) is 14.4. The molecule has 0 unspecified atom stereocenters. The molecule has 1 N–H and O–H groups in total. The molecule has 7 heteroatoms. The number of benzene rings is 1. The van der Waals surface area contributed by atoms with Gasteiger partial charge in [-0.15, -0.1) is 0 Å². The number of nitrogens with zero attached hydrogens (tertiary/aromatic N) is 1. The first-order chi connectivity index (χ1) is 9.65. The Morgan fingerprint density at radius 3 is 2.70 bits per heavy atom. The molecular weight excluding hydrogens is 319 g/mol. The molecule has 0 saturated heterocycles. The first-order valence-corrected chi connectivity index (χ1v) is 7.28. The molecule has 4 nitrogen and oxygen atoms in total. The number of nitrogens with one attached hydrogen (secondary N) is 1. The smallest absolute Gasteiger partial charge is 0.371 e. The predicted molar refractivity (Wildman–Crippen MR) is 82.5 cm³/mol. The summed E-state index contributed by atoms with van der Waals surface area (Å²) in [5.41, 5.74) is 4.22. The summed E-state index contributed by atoms with van der Waals surface area (Å²) >= 11 is 13.0. The number of halogens is 2. The van der Waals surface area contributed by atoms with Crippen LogP contribution in [0.1, 0.15) is 5.56 Å². The van der Waals surface area contributed by atoms with Gasteiger partial charge in [0.2, 0.25) is 5.17 Å². The molecule has 0 fully saturated rings. The largest absolute Gasteiger partial charge is 0.455 e. The van der Waals surface area contributed by atoms with E-state index in [4.69, 9.17) is 27.9 Å². The number of carbonyl (C=O) groups excluding carboxylic acids is 1. The van der Waals surface area contributed by atoms with Crippen LogP contribution in [0.15, 0.2) is 46.2 Å². The molecule has 0 aliphatic heterocycles. The molecule has 104 valence electrons. The Kier molecular flexibility index (Phi) is 5.40. The highest BCUT2D eigenvalue weighted by molar-refractivity contribution is 7.07. The van der Waals surface area contributed by atoms with Gasteiger partial charge in [0.15, 0.2) is 0 Å². The second-order valence-electron chi connectivity index (χ2n) is 3.73. The van der Waals surface area contributed by atoms with Crippen LogP contribution in [0.4, 0.5) is 5.69 Å². The van der Waals surface area contributed by atoms with Crippen LogP contribution < -0.4 is 5.43 Å². The second kappa shape index (κ2) is 7.28. The van der Waals surface area contributed by atoms with Gasteiger partial charge in [0.25, 0.3) is 0 Å². The number of anilines is 1. The minimum Gasteiger partial charge on any atom is -0.455 e. The Labute approximate surface area is 130 Å². The lowest BCUT2D eigenvalue weighted by molar-refractivity contribution is -0.136. The lowest BCUT2D eigenvalue weighted by Gasteiger charge is -2.03. The van der Waals surface area contributed by atoms with E-state index in [1.54, 1.807) is 24.3 Å². The molecule has 20 heavy (non-hydrogen) atoms. The Bertz CT molecular complexity index is 597. The van der Waals surface area contributed by atoms with Gasteiger partial charge >= 0.3 is 5.97 Å². The third kappa shape index (κ3) is 4.52. The highest BCUT2D eigenvalue weighted by Gasteiger charge is 2.10. The highest BCUT2D eigenvalue weighted by atomic mass is 35.5. The quantitative estimate of drug-likeness (QED) is 0.510. The fraction of sp³-hybridized carbons (Fsp3) is 0.0769. The van der Waals surface area contributed by atoms with Crippen LogP contribution >= 0.6 is 34.5 Å². The predicted octanol–water partition coefficient (Wildman–Crippen LogP) is 4.11. The van der Waals surface area contributed by atoms with E-state index < -0.39 is 5.97 Å². The van der Waals surface area contributed by atoms with Gasteiger partial charge in [-0.05, 0) is 41.1 Å². The van der Waals surface area contributed by atoms with Crippen molar-refractivity contribution < 1.29 is 9.53 Å². The van der Waals surface area contributed by atoms with E-state index in [-0.39, 0.29) is 11.8 Å². The molecule has 0 aliphatic rings. The van der Waals surface area contributed by atoms with Gasteiger partial charge in [-0.3, -0.25) is 5.43 Å². The van der Waals surface area contributed by atoms with Crippen molar-refractivity contribution in [3.8, 4) is 0 Å². The van der Waals surface area contributed by atoms with Gasteiger partial charge in [0.1, 0.15) is 6.61 Å². The third-order valence-corrected chi connectivity index (χ3v) is 3.47. The summed E-state index contributed by atoms with van der Waals surface area (Å²) in [4.78, 5) is 11.6. The highest BCUT2D eigenvalue weighted by Crippen LogP contribution is 2.13. The van der Waals surface area contributed by atoms with Crippen molar-refractivity contribution in [2.75, 3.05) is 5.43 Å². The maximum absolute atomic E-state index is 11.6. The molecule has 0 aliphatic carbocycles. The van der Waals surface area contributed by atoms with Crippen LogP contribution in [-0.4, -0.2) is 11.1 Å². The van der Waals surface area contributed by atoms with Crippen molar-refractivity contribution in [1.29, 1.82) is 0 Å². The van der Waals surface area contributed by atoms with Crippen LogP contribution in [0.2, 0.25) is 5.02 Å². The van der Waals surface area contributed by atoms with E-state index >= 15 is 0 Å². The number of hydrogen-bond acceptors (Lipinski definition) is 5. The zero-order valence-corrected chi connectivity index (χ0v) is 12.5. The Morgan fingerprint density at radius 1 is 1.30 bits per heavy atom. The molecule has 1 heterocycles. The molecule has 1 aromatic heterocycles. The molecule has 0 saturated carbocycles. The molecule has 1 aromatic carbocycles. The van der Waals surface area contributed by atoms with Crippen molar-refractivity contribution >= 4 is 51.4 Å². The second-order valence-corrected chi connectivity index (χ2v) is 5.30. The molecule has 2 rings (SSSR count). The van der Waals surface area contributed by atoms with E-state index in [1.165, 1.54) is 11.3 Å². The van der Waals surface area contributed by atoms with Gasteiger partial charge in [0, 0.05) is 10.6 Å². The van der Waals surface area contributed by atoms with Crippen molar-refractivity contribution in [3.05, 3.63) is 51.7 Å². The Morgan fingerprint density at radius 2 is 2.05 bits per heavy atom. The fourth-order valence-electron chi connectivity index (χ4n) is 1.27. The summed E-state index contributed by atoms with van der Waals surface area (Å²) < 4.78 is 5.00. The van der Waals surface area contributed by atoms with Gasteiger partial charge in [0.05, 0.1) is 5.69 Å². The topological polar surface area (TPSA) is 50.7 Å². The first kappa shape index (κ1) is 14.8. The van der Waals surface area contributed by atoms with E-state index in [0.717, 1.165) is 5.56 Å². The average Bonchev–Trinajstić information content (AvgIpc) is 2.97. The van der Waals surface area contributed by atoms with Crippen molar-refractivity contribution in [3.63, 3.8) is 0 Å². The van der Waals surface area contributed by atoms with Gasteiger partial charge < -0.3 is 4.74 Å². The summed E-state index contributed by atoms with van der Waals surface area (Å²) in [6.07, 6.45) is 0. The fourth-order valence-corrected chi connectivity index (χ4v) is 2.14. The summed E-state index contributed by atoms with van der Waals surface area (Å²) in [5, 5.41) is 7.88. The first-order valence-electron chi connectivity index (χ1n) is 5.58. The van der Waals surface area contributed by atoms with Crippen LogP contribution in [-0.2, 0) is 16.1 Å². The number of rotatable bonds is 5. The van der Waals surface area contributed by atoms with E-state index in [9.17, 15) is 4.79 Å². The SMILES string of the molecule is O=C(OCc1ccsc1)/C(Cl)=N/Nc1ccc(Cl)cc1. The van der Waals surface area contributed by atoms with E-state index in [2.05, 4.69) is 10.5 Å². The zero-order valence-electron chi connectivity index (χ0n) is 10.2. The van der Waals surface area contributed by atoms with Crippen molar-refractivity contribution in [1.82, 2.24) is 0 Å². The molecule has 2 aromatic rings. The van der Waals surface area contributed by atoms with Gasteiger partial charge in [-0.1, -0.05) is 23.2 Å². The van der Waals surface area contributed by atoms with E-state index in [1.807, 2.05) is 16.8 Å². The molecule has 0 atom stereocenters.